The Balaban J connectivity index is 1.38. The molecule has 280 valence electrons. The maximum atomic E-state index is 11.7. The minimum atomic E-state index is -0.370. The number of nitro groups is 1. The summed E-state index contributed by atoms with van der Waals surface area (Å²) in [7, 11) is 0. The molecule has 0 spiro atoms. The molecule has 0 radical (unpaired) electrons. The van der Waals surface area contributed by atoms with Crippen molar-refractivity contribution in [2.45, 2.75) is 0 Å². The first-order chi connectivity index (χ1) is 29.1. The van der Waals surface area contributed by atoms with Gasteiger partial charge < -0.3 is 9.97 Å². The van der Waals surface area contributed by atoms with E-state index in [0.29, 0.717) is 5.56 Å². The van der Waals surface area contributed by atoms with E-state index in [1.165, 1.54) is 6.07 Å². The van der Waals surface area contributed by atoms with Crippen molar-refractivity contribution in [2.24, 2.45) is 0 Å². The molecule has 0 unspecified atom stereocenters. The summed E-state index contributed by atoms with van der Waals surface area (Å²) in [6.07, 6.45) is 10.3. The quantitative estimate of drug-likeness (QED) is 0.125. The molecule has 8 bridgehead atoms. The van der Waals surface area contributed by atoms with Gasteiger partial charge in [-0.3, -0.25) is 10.1 Å². The molecule has 7 nitrogen and oxygen atoms in total. The Labute approximate surface area is 340 Å². The number of aromatic amines is 2. The highest BCUT2D eigenvalue weighted by Crippen LogP contribution is 2.40. The standard InChI is InChI=1S/C52H35N5O2/c58-57(59)40-23-13-14-34(32-40)24-25-39-33-47-50(37-19-9-3-10-20-37)45-29-28-43(54-45)48(35-15-5-1-6-16-35)41-26-27-42(53-41)49(36-17-7-2-8-18-36)44-30-31-46(55-44)51(52(39)56-47)38-21-11-4-12-22-38/h1-33,54-55H/b25-24-,48-41?,48-43?,49-42?,49-44?,50-45?,50-47?,51-46?,52-51?. The third-order valence-corrected chi connectivity index (χ3v) is 10.7. The lowest BCUT2D eigenvalue weighted by atomic mass is 9.99. The zero-order valence-electron chi connectivity index (χ0n) is 31.7. The van der Waals surface area contributed by atoms with Gasteiger partial charge in [0, 0.05) is 62.0 Å². The van der Waals surface area contributed by atoms with Crippen molar-refractivity contribution < 1.29 is 4.92 Å². The molecular formula is C52H35N5O2. The number of fused-ring (bicyclic) bond motifs is 8. The molecule has 2 aliphatic rings. The maximum absolute atomic E-state index is 11.7. The molecule has 0 saturated heterocycles. The Bertz CT molecular complexity index is 3160. The van der Waals surface area contributed by atoms with Crippen LogP contribution < -0.4 is 0 Å². The van der Waals surface area contributed by atoms with Gasteiger partial charge in [0.1, 0.15) is 0 Å². The third-order valence-electron chi connectivity index (χ3n) is 10.7. The zero-order valence-corrected chi connectivity index (χ0v) is 31.7. The van der Waals surface area contributed by atoms with Crippen LogP contribution in [0.4, 0.5) is 5.69 Å². The Morgan fingerprint density at radius 1 is 0.458 bits per heavy atom. The van der Waals surface area contributed by atoms with E-state index in [9.17, 15) is 10.1 Å². The maximum Gasteiger partial charge on any atom is 0.270 e. The Morgan fingerprint density at radius 2 is 0.898 bits per heavy atom. The first-order valence-corrected chi connectivity index (χ1v) is 19.4. The van der Waals surface area contributed by atoms with Gasteiger partial charge in [-0.15, -0.1) is 0 Å². The van der Waals surface area contributed by atoms with Gasteiger partial charge in [0.15, 0.2) is 0 Å². The summed E-state index contributed by atoms with van der Waals surface area (Å²) in [5, 5.41) is 11.7. The molecule has 0 saturated carbocycles. The second-order valence-corrected chi connectivity index (χ2v) is 14.4. The molecule has 0 atom stereocenters. The van der Waals surface area contributed by atoms with Gasteiger partial charge in [-0.25, -0.2) is 9.97 Å². The van der Waals surface area contributed by atoms with Gasteiger partial charge in [-0.1, -0.05) is 146 Å². The molecule has 10 rings (SSSR count). The minimum absolute atomic E-state index is 0.0345. The topological polar surface area (TPSA) is 100 Å². The molecule has 7 heteroatoms. The average Bonchev–Trinajstić information content (AvgIpc) is 4.12. The SMILES string of the molecule is O=[N+]([O-])c1cccc(/C=C\C2=Cc3nc2c(-c2ccccc2)c2ccc([nH]2)c(-c2ccccc2)c2nc(c(-c4ccccc4)c4ccc([nH]4)c3-c3ccccc3)C=C2)c1. The lowest BCUT2D eigenvalue weighted by Gasteiger charge is -2.08. The van der Waals surface area contributed by atoms with E-state index in [0.717, 1.165) is 94.9 Å². The van der Waals surface area contributed by atoms with Crippen LogP contribution in [0.1, 0.15) is 28.3 Å². The third kappa shape index (κ3) is 6.77. The van der Waals surface area contributed by atoms with Crippen LogP contribution in [0.15, 0.2) is 176 Å². The van der Waals surface area contributed by atoms with Crippen molar-refractivity contribution in [1.82, 2.24) is 19.9 Å². The lowest BCUT2D eigenvalue weighted by Crippen LogP contribution is -1.90. The monoisotopic (exact) mass is 761 g/mol. The lowest BCUT2D eigenvalue weighted by molar-refractivity contribution is -0.384. The average molecular weight is 762 g/mol. The molecule has 0 aliphatic carbocycles. The molecule has 0 amide bonds. The second-order valence-electron chi connectivity index (χ2n) is 14.4. The number of aromatic nitrogens is 4. The first kappa shape index (κ1) is 35.3. The molecule has 3 aromatic heterocycles. The van der Waals surface area contributed by atoms with E-state index in [4.69, 9.17) is 9.97 Å². The molecule has 8 aromatic rings. The Hall–Kier alpha value is -8.16. The van der Waals surface area contributed by atoms with E-state index in [1.54, 1.807) is 12.1 Å². The van der Waals surface area contributed by atoms with Crippen molar-refractivity contribution in [3.63, 3.8) is 0 Å². The fourth-order valence-corrected chi connectivity index (χ4v) is 7.99. The van der Waals surface area contributed by atoms with Crippen LogP contribution in [0.25, 0.3) is 96.5 Å². The van der Waals surface area contributed by atoms with Crippen molar-refractivity contribution in [3.8, 4) is 44.5 Å². The van der Waals surface area contributed by atoms with Gasteiger partial charge in [0.2, 0.25) is 0 Å². The predicted octanol–water partition coefficient (Wildman–Crippen LogP) is 13.3. The van der Waals surface area contributed by atoms with E-state index >= 15 is 0 Å². The number of allylic oxidation sites excluding steroid dienone is 2. The van der Waals surface area contributed by atoms with Crippen LogP contribution in [0, 0.1) is 10.1 Å². The molecular weight excluding hydrogens is 727 g/mol. The van der Waals surface area contributed by atoms with Gasteiger partial charge >= 0.3 is 0 Å². The van der Waals surface area contributed by atoms with Crippen molar-refractivity contribution in [1.29, 1.82) is 0 Å². The number of hydrogen-bond donors (Lipinski definition) is 2. The number of benzene rings is 5. The van der Waals surface area contributed by atoms with Crippen LogP contribution in [0.3, 0.4) is 0 Å². The van der Waals surface area contributed by atoms with Crippen LogP contribution in [-0.4, -0.2) is 24.9 Å². The zero-order chi connectivity index (χ0) is 39.7. The summed E-state index contributed by atoms with van der Waals surface area (Å²) in [5.41, 5.74) is 16.3. The van der Waals surface area contributed by atoms with E-state index < -0.39 is 0 Å². The molecule has 2 aliphatic heterocycles. The molecule has 2 N–H and O–H groups in total. The largest absolute Gasteiger partial charge is 0.354 e. The van der Waals surface area contributed by atoms with Crippen LogP contribution >= 0.6 is 0 Å². The van der Waals surface area contributed by atoms with Crippen molar-refractivity contribution >= 4 is 57.6 Å². The first-order valence-electron chi connectivity index (χ1n) is 19.4. The number of nitrogens with one attached hydrogen (secondary N) is 2. The summed E-state index contributed by atoms with van der Waals surface area (Å²) in [6, 6.07) is 56.5. The number of nitro benzene ring substituents is 1. The molecule has 0 fully saturated rings. The predicted molar refractivity (Wildman–Crippen MR) is 242 cm³/mol. The summed E-state index contributed by atoms with van der Waals surface area (Å²) in [6.45, 7) is 0. The molecule has 5 heterocycles. The highest BCUT2D eigenvalue weighted by Gasteiger charge is 2.21. The van der Waals surface area contributed by atoms with Gasteiger partial charge in [0.05, 0.1) is 27.7 Å². The molecule has 5 aromatic carbocycles. The van der Waals surface area contributed by atoms with Gasteiger partial charge in [-0.05, 0) is 70.3 Å². The fraction of sp³-hybridized carbons (Fsp3) is 0. The van der Waals surface area contributed by atoms with Crippen LogP contribution in [0.2, 0.25) is 0 Å². The van der Waals surface area contributed by atoms with Crippen molar-refractivity contribution in [2.75, 3.05) is 0 Å². The van der Waals surface area contributed by atoms with Crippen LogP contribution in [-0.2, 0) is 0 Å². The highest BCUT2D eigenvalue weighted by atomic mass is 16.6. The summed E-state index contributed by atoms with van der Waals surface area (Å²) in [4.78, 5) is 29.9. The van der Waals surface area contributed by atoms with Gasteiger partial charge in [0.25, 0.3) is 5.69 Å². The smallest absolute Gasteiger partial charge is 0.270 e. The fourth-order valence-electron chi connectivity index (χ4n) is 7.99. The van der Waals surface area contributed by atoms with E-state index in [2.05, 4.69) is 125 Å². The normalized spacial score (nSPS) is 12.2. The Kier molecular flexibility index (Phi) is 9.00. The summed E-state index contributed by atoms with van der Waals surface area (Å²) < 4.78 is 0. The van der Waals surface area contributed by atoms with E-state index in [1.807, 2.05) is 66.7 Å². The number of non-ortho nitro benzene ring substituents is 1. The number of rotatable bonds is 7. The highest BCUT2D eigenvalue weighted by molar-refractivity contribution is 6.04. The Morgan fingerprint density at radius 3 is 1.37 bits per heavy atom. The number of nitrogens with zero attached hydrogens (tertiary/aromatic N) is 3. The van der Waals surface area contributed by atoms with Gasteiger partial charge in [-0.2, -0.15) is 0 Å². The van der Waals surface area contributed by atoms with Crippen LogP contribution in [0.5, 0.6) is 0 Å². The second kappa shape index (κ2) is 15.1. The van der Waals surface area contributed by atoms with E-state index in [-0.39, 0.29) is 10.6 Å². The minimum Gasteiger partial charge on any atom is -0.354 e. The number of hydrogen-bond acceptors (Lipinski definition) is 4. The molecule has 59 heavy (non-hydrogen) atoms. The number of H-pyrrole nitrogens is 2. The van der Waals surface area contributed by atoms with Crippen molar-refractivity contribution in [3.05, 3.63) is 214 Å². The summed E-state index contributed by atoms with van der Waals surface area (Å²) in [5.74, 6) is 0. The summed E-state index contributed by atoms with van der Waals surface area (Å²) >= 11 is 0.